The van der Waals surface area contributed by atoms with E-state index in [4.69, 9.17) is 11.6 Å². The lowest BCUT2D eigenvalue weighted by Crippen LogP contribution is -2.53. The van der Waals surface area contributed by atoms with Gasteiger partial charge in [-0.25, -0.2) is 8.42 Å². The number of aryl methyl sites for hydroxylation is 2. The molecule has 0 saturated heterocycles. The molecule has 44 heavy (non-hydrogen) atoms. The molecule has 0 heterocycles. The molecule has 9 heteroatoms. The van der Waals surface area contributed by atoms with Crippen molar-refractivity contribution in [2.75, 3.05) is 17.4 Å². The third-order valence-corrected chi connectivity index (χ3v) is 9.31. The lowest BCUT2D eigenvalue weighted by Gasteiger charge is -2.34. The van der Waals surface area contributed by atoms with Gasteiger partial charge in [-0.05, 0) is 72.9 Å². The van der Waals surface area contributed by atoms with Crippen molar-refractivity contribution in [1.29, 1.82) is 0 Å². The first-order valence-corrected chi connectivity index (χ1v) is 16.4. The molecular formula is C35H38ClN3O4S. The van der Waals surface area contributed by atoms with E-state index in [2.05, 4.69) is 5.32 Å². The van der Waals surface area contributed by atoms with Crippen molar-refractivity contribution < 1.29 is 18.0 Å². The Morgan fingerprint density at radius 3 is 2.16 bits per heavy atom. The third-order valence-electron chi connectivity index (χ3n) is 7.31. The molecule has 0 aliphatic heterocycles. The highest BCUT2D eigenvalue weighted by atomic mass is 35.5. The fourth-order valence-electron chi connectivity index (χ4n) is 4.97. The number of hydrogen-bond donors (Lipinski definition) is 1. The maximum absolute atomic E-state index is 14.5. The van der Waals surface area contributed by atoms with Crippen molar-refractivity contribution in [2.45, 2.75) is 51.1 Å². The van der Waals surface area contributed by atoms with Crippen LogP contribution >= 0.6 is 11.6 Å². The summed E-state index contributed by atoms with van der Waals surface area (Å²) in [5.74, 6) is -0.826. The zero-order valence-corrected chi connectivity index (χ0v) is 26.8. The average Bonchev–Trinajstić information content (AvgIpc) is 3.02. The number of hydrogen-bond acceptors (Lipinski definition) is 4. The van der Waals surface area contributed by atoms with E-state index in [0.717, 1.165) is 27.4 Å². The van der Waals surface area contributed by atoms with E-state index in [9.17, 15) is 18.0 Å². The van der Waals surface area contributed by atoms with E-state index in [0.29, 0.717) is 22.8 Å². The van der Waals surface area contributed by atoms with Gasteiger partial charge < -0.3 is 10.2 Å². The van der Waals surface area contributed by atoms with Gasteiger partial charge in [-0.3, -0.25) is 13.9 Å². The smallest absolute Gasteiger partial charge is 0.264 e. The molecule has 0 aliphatic carbocycles. The Labute approximate surface area is 265 Å². The van der Waals surface area contributed by atoms with Gasteiger partial charge >= 0.3 is 0 Å². The first-order valence-electron chi connectivity index (χ1n) is 14.6. The van der Waals surface area contributed by atoms with Crippen LogP contribution in [0.2, 0.25) is 5.02 Å². The molecule has 1 atom stereocenters. The maximum Gasteiger partial charge on any atom is 0.264 e. The highest BCUT2D eigenvalue weighted by molar-refractivity contribution is 7.92. The molecule has 230 valence electrons. The molecule has 4 rings (SSSR count). The molecule has 0 radical (unpaired) electrons. The molecule has 0 bridgehead atoms. The Morgan fingerprint density at radius 2 is 1.50 bits per heavy atom. The molecule has 2 amide bonds. The van der Waals surface area contributed by atoms with Gasteiger partial charge in [0.1, 0.15) is 12.6 Å². The molecule has 4 aromatic rings. The molecule has 0 aliphatic rings. The minimum absolute atomic E-state index is 0.0580. The summed E-state index contributed by atoms with van der Waals surface area (Å²) in [7, 11) is -4.16. The number of nitrogens with one attached hydrogen (secondary N) is 1. The van der Waals surface area contributed by atoms with Crippen molar-refractivity contribution in [3.8, 4) is 0 Å². The van der Waals surface area contributed by atoms with Gasteiger partial charge in [0.25, 0.3) is 10.0 Å². The average molecular weight is 632 g/mol. The molecule has 0 spiro atoms. The zero-order valence-electron chi connectivity index (χ0n) is 25.2. The lowest BCUT2D eigenvalue weighted by atomic mass is 10.0. The summed E-state index contributed by atoms with van der Waals surface area (Å²) in [6, 6.07) is 29.2. The number of rotatable bonds is 13. The first-order chi connectivity index (χ1) is 21.1. The van der Waals surface area contributed by atoms with Crippen LogP contribution in [-0.2, 0) is 32.6 Å². The van der Waals surface area contributed by atoms with Gasteiger partial charge in [0.05, 0.1) is 10.6 Å². The second kappa shape index (κ2) is 15.0. The van der Waals surface area contributed by atoms with Gasteiger partial charge in [0, 0.05) is 24.5 Å². The monoisotopic (exact) mass is 631 g/mol. The van der Waals surface area contributed by atoms with Crippen molar-refractivity contribution in [1.82, 2.24) is 10.2 Å². The van der Waals surface area contributed by atoms with E-state index in [1.807, 2.05) is 69.3 Å². The molecule has 0 fully saturated rings. The second-order valence-corrected chi connectivity index (χ2v) is 13.1. The normalized spacial score (nSPS) is 11.9. The van der Waals surface area contributed by atoms with Crippen LogP contribution in [0.3, 0.4) is 0 Å². The predicted octanol–water partition coefficient (Wildman–Crippen LogP) is 6.32. The number of halogens is 1. The summed E-state index contributed by atoms with van der Waals surface area (Å²) < 4.78 is 29.5. The predicted molar refractivity (Wildman–Crippen MR) is 176 cm³/mol. The van der Waals surface area contributed by atoms with E-state index >= 15 is 0 Å². The van der Waals surface area contributed by atoms with E-state index in [1.54, 1.807) is 42.5 Å². The second-order valence-electron chi connectivity index (χ2n) is 10.8. The first kappa shape index (κ1) is 32.8. The quantitative estimate of drug-likeness (QED) is 0.187. The van der Waals surface area contributed by atoms with Gasteiger partial charge in [-0.2, -0.15) is 0 Å². The topological polar surface area (TPSA) is 86.8 Å². The molecule has 0 saturated carbocycles. The van der Waals surface area contributed by atoms with Crippen LogP contribution in [0.4, 0.5) is 5.69 Å². The summed E-state index contributed by atoms with van der Waals surface area (Å²) in [5, 5.41) is 3.45. The van der Waals surface area contributed by atoms with Crippen molar-refractivity contribution in [2.24, 2.45) is 0 Å². The SMILES string of the molecule is CCCNC(=O)[C@H](Cc1ccccc1)N(Cc1cccc(Cl)c1)C(=O)CN(c1cc(C)ccc1C)S(=O)(=O)c1ccccc1. The van der Waals surface area contributed by atoms with Crippen LogP contribution in [0.5, 0.6) is 0 Å². The summed E-state index contributed by atoms with van der Waals surface area (Å²) in [6.45, 7) is 5.64. The highest BCUT2D eigenvalue weighted by Gasteiger charge is 2.35. The summed E-state index contributed by atoms with van der Waals surface area (Å²) in [5.41, 5.74) is 3.54. The molecule has 1 N–H and O–H groups in total. The van der Waals surface area contributed by atoms with Crippen LogP contribution in [0.1, 0.15) is 35.6 Å². The van der Waals surface area contributed by atoms with Crippen molar-refractivity contribution in [3.63, 3.8) is 0 Å². The Hall–Kier alpha value is -4.14. The molecule has 0 unspecified atom stereocenters. The number of carbonyl (C=O) groups excluding carboxylic acids is 2. The van der Waals surface area contributed by atoms with Gasteiger partial charge in [0.15, 0.2) is 0 Å². The van der Waals surface area contributed by atoms with Crippen LogP contribution in [0.15, 0.2) is 108 Å². The maximum atomic E-state index is 14.5. The number of nitrogens with zero attached hydrogens (tertiary/aromatic N) is 2. The fourth-order valence-corrected chi connectivity index (χ4v) is 6.68. The molecule has 0 aromatic heterocycles. The van der Waals surface area contributed by atoms with E-state index in [-0.39, 0.29) is 23.8 Å². The number of amides is 2. The van der Waals surface area contributed by atoms with Crippen molar-refractivity contribution >= 4 is 39.1 Å². The van der Waals surface area contributed by atoms with Crippen LogP contribution in [-0.4, -0.2) is 44.3 Å². The Balaban J connectivity index is 1.82. The Kier molecular flexibility index (Phi) is 11.2. The van der Waals surface area contributed by atoms with Gasteiger partial charge in [-0.1, -0.05) is 91.3 Å². The van der Waals surface area contributed by atoms with Crippen molar-refractivity contribution in [3.05, 3.63) is 130 Å². The van der Waals surface area contributed by atoms with Crippen LogP contribution in [0.25, 0.3) is 0 Å². The summed E-state index contributed by atoms with van der Waals surface area (Å²) >= 11 is 6.30. The zero-order chi connectivity index (χ0) is 31.7. The van der Waals surface area contributed by atoms with Gasteiger partial charge in [0.2, 0.25) is 11.8 Å². The number of anilines is 1. The molecule has 4 aromatic carbocycles. The highest BCUT2D eigenvalue weighted by Crippen LogP contribution is 2.29. The number of sulfonamides is 1. The van der Waals surface area contributed by atoms with Crippen LogP contribution < -0.4 is 9.62 Å². The minimum atomic E-state index is -4.16. The Bertz CT molecular complexity index is 1680. The Morgan fingerprint density at radius 1 is 0.841 bits per heavy atom. The number of carbonyl (C=O) groups is 2. The van der Waals surface area contributed by atoms with Crippen LogP contribution in [0, 0.1) is 13.8 Å². The lowest BCUT2D eigenvalue weighted by molar-refractivity contribution is -0.140. The summed E-state index contributed by atoms with van der Waals surface area (Å²) in [4.78, 5) is 29.8. The molecular weight excluding hydrogens is 594 g/mol. The standard InChI is InChI=1S/C35H38ClN3O4S/c1-4-20-37-35(41)33(23-28-12-7-5-8-13-28)38(24-29-14-11-15-30(36)22-29)34(40)25-39(32-21-26(2)18-19-27(32)3)44(42,43)31-16-9-6-10-17-31/h5-19,21-22,33H,4,20,23-25H2,1-3H3,(H,37,41)/t33-/m0/s1. The molecule has 7 nitrogen and oxygen atoms in total. The fraction of sp³-hybridized carbons (Fsp3) is 0.257. The third kappa shape index (κ3) is 8.27. The van der Waals surface area contributed by atoms with E-state index in [1.165, 1.54) is 17.0 Å². The summed E-state index contributed by atoms with van der Waals surface area (Å²) in [6.07, 6.45) is 0.972. The van der Waals surface area contributed by atoms with Gasteiger partial charge in [-0.15, -0.1) is 0 Å². The minimum Gasteiger partial charge on any atom is -0.354 e. The van der Waals surface area contributed by atoms with E-state index < -0.39 is 28.5 Å². The largest absolute Gasteiger partial charge is 0.354 e. The number of benzene rings is 4.